The van der Waals surface area contributed by atoms with E-state index >= 15 is 0 Å². The molecule has 0 aliphatic rings. The minimum absolute atomic E-state index is 0. The average molecular weight is 471 g/mol. The normalized spacial score (nSPS) is 11.3. The predicted octanol–water partition coefficient (Wildman–Crippen LogP) is -1.72. The van der Waals surface area contributed by atoms with Gasteiger partial charge in [-0.2, -0.15) is 0 Å². The maximum atomic E-state index is 10.8. The smallest absolute Gasteiger partial charge is 0.481 e. The number of carboxylic acid groups (broad SMARTS) is 4. The monoisotopic (exact) mass is 472 g/mol. The van der Waals surface area contributed by atoms with Crippen LogP contribution in [-0.4, -0.2) is 55.4 Å². The fourth-order valence-corrected chi connectivity index (χ4v) is 1.91. The van der Waals surface area contributed by atoms with E-state index in [0.29, 0.717) is 0 Å². The van der Waals surface area contributed by atoms with Crippen molar-refractivity contribution in [2.24, 2.45) is 11.5 Å². The minimum atomic E-state index is -2.22. The van der Waals surface area contributed by atoms with Crippen LogP contribution in [0, 0.1) is 0 Å². The van der Waals surface area contributed by atoms with E-state index < -0.39 is 60.6 Å². The Morgan fingerprint density at radius 2 is 0.762 bits per heavy atom. The molecule has 10 nitrogen and oxygen atoms in total. The molecule has 0 aromatic heterocycles. The SMILES string of the molecule is NC(CC(=O)O)(CC(=O)O)C(N)(CC(=O)O)CC(=O)O.[Hf+4]. The quantitative estimate of drug-likeness (QED) is 0.210. The second-order valence-corrected chi connectivity index (χ2v) is 4.59. The summed E-state index contributed by atoms with van der Waals surface area (Å²) in [6.07, 6.45) is -3.90. The fraction of sp³-hybridized carbons (Fsp3) is 0.600. The van der Waals surface area contributed by atoms with Crippen LogP contribution in [0.2, 0.25) is 0 Å². The molecule has 0 aliphatic carbocycles. The van der Waals surface area contributed by atoms with Gasteiger partial charge in [-0.25, -0.2) is 0 Å². The summed E-state index contributed by atoms with van der Waals surface area (Å²) in [6.45, 7) is 0. The summed E-state index contributed by atoms with van der Waals surface area (Å²) in [5.41, 5.74) is 6.88. The molecule has 11 heteroatoms. The van der Waals surface area contributed by atoms with Crippen LogP contribution in [0.4, 0.5) is 0 Å². The van der Waals surface area contributed by atoms with Crippen molar-refractivity contribution in [2.75, 3.05) is 0 Å². The molecule has 114 valence electrons. The third-order valence-electron chi connectivity index (χ3n) is 2.86. The van der Waals surface area contributed by atoms with Crippen molar-refractivity contribution >= 4 is 23.9 Å². The zero-order chi connectivity index (χ0) is 16.1. The van der Waals surface area contributed by atoms with Crippen molar-refractivity contribution < 1.29 is 65.4 Å². The van der Waals surface area contributed by atoms with Gasteiger partial charge in [-0.05, 0) is 0 Å². The molecule has 0 saturated carbocycles. The molecule has 0 aromatic rings. The Labute approximate surface area is 137 Å². The van der Waals surface area contributed by atoms with Crippen molar-refractivity contribution in [1.29, 1.82) is 0 Å². The predicted molar refractivity (Wildman–Crippen MR) is 62.8 cm³/mol. The first-order valence-corrected chi connectivity index (χ1v) is 5.37. The van der Waals surface area contributed by atoms with Gasteiger partial charge in [0.15, 0.2) is 0 Å². The second-order valence-electron chi connectivity index (χ2n) is 4.59. The Balaban J connectivity index is 0. The van der Waals surface area contributed by atoms with Crippen LogP contribution in [0.25, 0.3) is 0 Å². The van der Waals surface area contributed by atoms with E-state index in [4.69, 9.17) is 31.9 Å². The molecule has 0 bridgehead atoms. The first kappa shape index (κ1) is 22.0. The van der Waals surface area contributed by atoms with Gasteiger partial charge in [0.1, 0.15) is 0 Å². The van der Waals surface area contributed by atoms with Crippen molar-refractivity contribution in [2.45, 2.75) is 36.8 Å². The maximum absolute atomic E-state index is 10.8. The molecule has 0 fully saturated rings. The second kappa shape index (κ2) is 8.20. The van der Waals surface area contributed by atoms with E-state index in [1.807, 2.05) is 0 Å². The van der Waals surface area contributed by atoms with Gasteiger partial charge < -0.3 is 31.9 Å². The molecule has 0 amide bonds. The van der Waals surface area contributed by atoms with Crippen LogP contribution in [0.3, 0.4) is 0 Å². The molecular weight excluding hydrogens is 455 g/mol. The molecule has 8 N–H and O–H groups in total. The third-order valence-corrected chi connectivity index (χ3v) is 2.86. The molecule has 21 heavy (non-hydrogen) atoms. The Morgan fingerprint density at radius 1 is 0.619 bits per heavy atom. The summed E-state index contributed by atoms with van der Waals surface area (Å²) in [7, 11) is 0. The summed E-state index contributed by atoms with van der Waals surface area (Å²) in [4.78, 5) is 43.2. The zero-order valence-electron chi connectivity index (χ0n) is 10.9. The van der Waals surface area contributed by atoms with Gasteiger partial charge in [-0.3, -0.25) is 19.2 Å². The Morgan fingerprint density at radius 3 is 0.857 bits per heavy atom. The molecule has 0 heterocycles. The number of rotatable bonds is 9. The van der Waals surface area contributed by atoms with Gasteiger partial charge in [0.2, 0.25) is 0 Å². The van der Waals surface area contributed by atoms with Gasteiger partial charge in [-0.15, -0.1) is 0 Å². The molecule has 0 aromatic carbocycles. The molecule has 0 rings (SSSR count). The van der Waals surface area contributed by atoms with E-state index in [1.165, 1.54) is 0 Å². The number of aliphatic carboxylic acids is 4. The van der Waals surface area contributed by atoms with Crippen LogP contribution >= 0.6 is 0 Å². The number of nitrogens with two attached hydrogens (primary N) is 2. The maximum Gasteiger partial charge on any atom is 4.00 e. The average Bonchev–Trinajstić information content (AvgIpc) is 2.10. The summed E-state index contributed by atoms with van der Waals surface area (Å²) >= 11 is 0. The van der Waals surface area contributed by atoms with E-state index in [0.717, 1.165) is 0 Å². The van der Waals surface area contributed by atoms with Gasteiger partial charge in [0.05, 0.1) is 36.8 Å². The molecule has 0 atom stereocenters. The number of carbonyl (C=O) groups is 4. The van der Waals surface area contributed by atoms with E-state index in [2.05, 4.69) is 0 Å². The zero-order valence-corrected chi connectivity index (χ0v) is 14.5. The molecule has 0 radical (unpaired) electrons. The molecule has 0 spiro atoms. The first-order valence-electron chi connectivity index (χ1n) is 5.37. The van der Waals surface area contributed by atoms with Gasteiger partial charge in [0, 0.05) is 0 Å². The third kappa shape index (κ3) is 6.78. The molecular formula is C10H16HfN2O8+4. The number of hydrogen-bond acceptors (Lipinski definition) is 6. The summed E-state index contributed by atoms with van der Waals surface area (Å²) in [6, 6.07) is 0. The van der Waals surface area contributed by atoms with E-state index in [1.54, 1.807) is 0 Å². The number of carboxylic acids is 4. The van der Waals surface area contributed by atoms with Crippen molar-refractivity contribution in [3.63, 3.8) is 0 Å². The van der Waals surface area contributed by atoms with Crippen LogP contribution in [0.15, 0.2) is 0 Å². The summed E-state index contributed by atoms with van der Waals surface area (Å²) < 4.78 is 0. The number of hydrogen-bond donors (Lipinski definition) is 6. The molecule has 0 unspecified atom stereocenters. The van der Waals surface area contributed by atoms with Gasteiger partial charge in [0.25, 0.3) is 0 Å². The van der Waals surface area contributed by atoms with Gasteiger partial charge in [-0.1, -0.05) is 0 Å². The van der Waals surface area contributed by atoms with Crippen molar-refractivity contribution in [3.8, 4) is 0 Å². The van der Waals surface area contributed by atoms with Crippen LogP contribution in [-0.2, 0) is 45.0 Å². The van der Waals surface area contributed by atoms with Crippen LogP contribution in [0.1, 0.15) is 25.7 Å². The fourth-order valence-electron chi connectivity index (χ4n) is 1.91. The van der Waals surface area contributed by atoms with Gasteiger partial charge >= 0.3 is 49.7 Å². The first-order chi connectivity index (χ1) is 8.92. The Bertz CT molecular complexity index is 367. The molecule has 0 aliphatic heterocycles. The van der Waals surface area contributed by atoms with E-state index in [-0.39, 0.29) is 25.8 Å². The standard InChI is InChI=1S/C10H16N2O8.Hf/c11-9(1-5(13)14,2-6(15)16)10(12,3-7(17)18)4-8(19)20;/h1-4,11-12H2,(H,13,14)(H,15,16)(H,17,18)(H,19,20);/q;+4. The summed E-state index contributed by atoms with van der Waals surface area (Å²) in [5.74, 6) is -6.06. The van der Waals surface area contributed by atoms with Crippen LogP contribution < -0.4 is 11.5 Å². The van der Waals surface area contributed by atoms with Crippen molar-refractivity contribution in [3.05, 3.63) is 0 Å². The largest absolute Gasteiger partial charge is 4.00 e. The van der Waals surface area contributed by atoms with Crippen molar-refractivity contribution in [1.82, 2.24) is 0 Å². The minimum Gasteiger partial charge on any atom is -0.481 e. The Kier molecular flexibility index (Phi) is 8.57. The summed E-state index contributed by atoms with van der Waals surface area (Å²) in [5, 5.41) is 35.1. The topological polar surface area (TPSA) is 201 Å². The van der Waals surface area contributed by atoms with Crippen LogP contribution in [0.5, 0.6) is 0 Å². The molecule has 0 saturated heterocycles. The Hall–Kier alpha value is -1.33. The van der Waals surface area contributed by atoms with E-state index in [9.17, 15) is 19.2 Å².